The number of likely N-dealkylation sites (N-methyl/N-ethyl adjacent to an activating group) is 1. The summed E-state index contributed by atoms with van der Waals surface area (Å²) in [6.07, 6.45) is 7.23. The molecule has 1 saturated carbocycles. The zero-order valence-electron chi connectivity index (χ0n) is 37.7. The lowest BCUT2D eigenvalue weighted by Crippen LogP contribution is -2.69. The number of allylic oxidation sites excluding steroid dienone is 1. The average Bonchev–Trinajstić information content (AvgIpc) is 3.34. The number of fused-ring (bicyclic) bond motifs is 3. The molecule has 16 nitrogen and oxygen atoms in total. The first kappa shape index (κ1) is 47.4. The van der Waals surface area contributed by atoms with Crippen LogP contribution in [0.2, 0.25) is 0 Å². The van der Waals surface area contributed by atoms with Gasteiger partial charge in [-0.15, -0.1) is 6.58 Å². The van der Waals surface area contributed by atoms with Crippen LogP contribution in [-0.4, -0.2) is 75.5 Å². The first-order valence-corrected chi connectivity index (χ1v) is 22.8. The Hall–Kier alpha value is -7.14. The molecule has 3 aliphatic rings. The first-order chi connectivity index (χ1) is 33.0. The molecular weight excluding hydrogens is 873 g/mol. The van der Waals surface area contributed by atoms with Crippen molar-refractivity contribution in [1.82, 2.24) is 4.90 Å². The smallest absolute Gasteiger partial charge is 0.415 e. The van der Waals surface area contributed by atoms with Crippen molar-refractivity contribution in [3.8, 4) is 23.0 Å². The molecule has 0 saturated heterocycles. The van der Waals surface area contributed by atoms with Gasteiger partial charge in [0.1, 0.15) is 35.6 Å². The third-order valence-corrected chi connectivity index (χ3v) is 13.2. The minimum atomic E-state index is -1.58. The van der Waals surface area contributed by atoms with E-state index in [0.29, 0.717) is 47.8 Å². The van der Waals surface area contributed by atoms with Gasteiger partial charge in [-0.2, -0.15) is 0 Å². The number of unbranched alkanes of at least 4 members (excludes halogenated alkanes) is 2. The molecule has 5 aromatic carbocycles. The number of nitro groups is 2. The third kappa shape index (κ3) is 10.1. The molecule has 0 radical (unpaired) electrons. The van der Waals surface area contributed by atoms with Gasteiger partial charge in [0.05, 0.1) is 28.1 Å². The number of carbonyl (C=O) groups is 1. The Morgan fingerprint density at radius 2 is 1.50 bits per heavy atom. The summed E-state index contributed by atoms with van der Waals surface area (Å²) < 4.78 is 26.7. The van der Waals surface area contributed by atoms with Crippen molar-refractivity contribution in [2.75, 3.05) is 26.9 Å². The maximum absolute atomic E-state index is 14.4. The van der Waals surface area contributed by atoms with Crippen molar-refractivity contribution in [2.45, 2.75) is 69.3 Å². The summed E-state index contributed by atoms with van der Waals surface area (Å²) in [7, 11) is 1.58. The predicted molar refractivity (Wildman–Crippen MR) is 254 cm³/mol. The van der Waals surface area contributed by atoms with E-state index in [1.165, 1.54) is 41.3 Å². The number of nitro benzene ring substituents is 2. The van der Waals surface area contributed by atoms with Gasteiger partial charge in [-0.25, -0.2) is 4.79 Å². The molecule has 5 aromatic rings. The van der Waals surface area contributed by atoms with Crippen molar-refractivity contribution in [3.05, 3.63) is 165 Å². The second-order valence-electron chi connectivity index (χ2n) is 17.3. The number of aliphatic hydroxyl groups is 2. The summed E-state index contributed by atoms with van der Waals surface area (Å²) in [4.78, 5) is 43.6. The molecule has 0 bridgehead atoms. The van der Waals surface area contributed by atoms with Gasteiger partial charge in [0.15, 0.2) is 0 Å². The van der Waals surface area contributed by atoms with E-state index in [2.05, 4.69) is 12.7 Å². The quantitative estimate of drug-likeness (QED) is 0.0324. The standard InChI is InChI=1S/C52H54N4O12/c1-3-28-64-52-48(54(2)51(59)67-40-22-19-39(20-23-40)56(62)63)32-46(53-65-33-34-14-17-38(18-15-34)55(60)61)44-30-37(12-6-8-26-57)43(13-7-9-27-58)49(50(44)52)45-31-42(24-25-47(45)68-52)66-41-21-16-35-10-4-5-11-36(35)29-41/h3-5,10-11,14-25,29-31,37,43,48-50,57-58H,1,6-9,12-13,26-28,32-33H2,2H3. The number of benzene rings is 5. The van der Waals surface area contributed by atoms with Crippen LogP contribution in [0.4, 0.5) is 16.2 Å². The van der Waals surface area contributed by atoms with E-state index in [1.807, 2.05) is 60.7 Å². The fraction of sp³-hybridized carbons (Fsp3) is 0.346. The number of nitrogens with zero attached hydrogens (tertiary/aromatic N) is 4. The van der Waals surface area contributed by atoms with Gasteiger partial charge >= 0.3 is 6.09 Å². The molecule has 1 fully saturated rings. The molecule has 354 valence electrons. The molecule has 6 unspecified atom stereocenters. The number of non-ortho nitro benzene ring substituents is 2. The number of ether oxygens (including phenoxy) is 4. The normalized spacial score (nSPS) is 22.0. The van der Waals surface area contributed by atoms with Crippen LogP contribution < -0.4 is 14.2 Å². The van der Waals surface area contributed by atoms with E-state index in [0.717, 1.165) is 41.2 Å². The van der Waals surface area contributed by atoms with Crippen molar-refractivity contribution < 1.29 is 48.6 Å². The molecule has 1 aliphatic heterocycles. The second kappa shape index (κ2) is 21.2. The Kier molecular flexibility index (Phi) is 14.8. The summed E-state index contributed by atoms with van der Waals surface area (Å²) in [5.74, 6) is -0.795. The molecule has 68 heavy (non-hydrogen) atoms. The van der Waals surface area contributed by atoms with Crippen molar-refractivity contribution in [2.24, 2.45) is 22.9 Å². The fourth-order valence-electron chi connectivity index (χ4n) is 9.99. The monoisotopic (exact) mass is 926 g/mol. The van der Waals surface area contributed by atoms with E-state index in [4.69, 9.17) is 28.9 Å². The van der Waals surface area contributed by atoms with Gasteiger partial charge in [-0.3, -0.25) is 20.2 Å². The van der Waals surface area contributed by atoms with Crippen LogP contribution in [-0.2, 0) is 16.2 Å². The number of oxime groups is 1. The van der Waals surface area contributed by atoms with Crippen LogP contribution in [0.25, 0.3) is 10.8 Å². The highest BCUT2D eigenvalue weighted by atomic mass is 16.7. The number of rotatable bonds is 20. The van der Waals surface area contributed by atoms with Gasteiger partial charge in [0.2, 0.25) is 5.79 Å². The van der Waals surface area contributed by atoms with Gasteiger partial charge < -0.3 is 38.9 Å². The summed E-state index contributed by atoms with van der Waals surface area (Å²) in [5.41, 5.74) is 2.61. The van der Waals surface area contributed by atoms with E-state index in [1.54, 1.807) is 25.3 Å². The van der Waals surface area contributed by atoms with Gasteiger partial charge in [0, 0.05) is 62.4 Å². The van der Waals surface area contributed by atoms with Gasteiger partial charge in [0.25, 0.3) is 11.4 Å². The molecule has 1 amide bonds. The highest BCUT2D eigenvalue weighted by Crippen LogP contribution is 2.62. The van der Waals surface area contributed by atoms with Crippen LogP contribution in [0.3, 0.4) is 0 Å². The molecule has 1 heterocycles. The lowest BCUT2D eigenvalue weighted by atomic mass is 9.55. The maximum atomic E-state index is 14.4. The molecular formula is C52H54N4O12. The zero-order chi connectivity index (χ0) is 47.8. The van der Waals surface area contributed by atoms with Crippen LogP contribution in [0.5, 0.6) is 23.0 Å². The molecule has 6 atom stereocenters. The van der Waals surface area contributed by atoms with Crippen LogP contribution in [0, 0.1) is 38.0 Å². The molecule has 0 aromatic heterocycles. The lowest BCUT2D eigenvalue weighted by molar-refractivity contribution is -0.385. The number of hydrogen-bond acceptors (Lipinski definition) is 13. The fourth-order valence-corrected chi connectivity index (χ4v) is 9.99. The topological polar surface area (TPSA) is 206 Å². The van der Waals surface area contributed by atoms with Crippen molar-refractivity contribution in [1.29, 1.82) is 0 Å². The number of hydrogen-bond donors (Lipinski definition) is 2. The van der Waals surface area contributed by atoms with Crippen LogP contribution in [0.1, 0.15) is 62.0 Å². The lowest BCUT2D eigenvalue weighted by Gasteiger charge is -2.59. The second-order valence-corrected chi connectivity index (χ2v) is 17.3. The maximum Gasteiger partial charge on any atom is 0.415 e. The number of aliphatic hydroxyl groups excluding tert-OH is 2. The summed E-state index contributed by atoms with van der Waals surface area (Å²) in [6.45, 7) is 4.07. The molecule has 8 rings (SSSR count). The number of carbonyl (C=O) groups excluding carboxylic acids is 1. The Labute approximate surface area is 393 Å². The summed E-state index contributed by atoms with van der Waals surface area (Å²) >= 11 is 0. The van der Waals surface area contributed by atoms with Gasteiger partial charge in [-0.1, -0.05) is 60.5 Å². The minimum absolute atomic E-state index is 0.0117. The molecule has 16 heteroatoms. The van der Waals surface area contributed by atoms with Crippen molar-refractivity contribution in [3.63, 3.8) is 0 Å². The Bertz CT molecular complexity index is 2690. The average molecular weight is 927 g/mol. The highest BCUT2D eigenvalue weighted by Gasteiger charge is 2.65. The Morgan fingerprint density at radius 3 is 2.19 bits per heavy atom. The van der Waals surface area contributed by atoms with E-state index >= 15 is 0 Å². The first-order valence-electron chi connectivity index (χ1n) is 22.8. The third-order valence-electron chi connectivity index (χ3n) is 13.2. The van der Waals surface area contributed by atoms with E-state index < -0.39 is 33.7 Å². The van der Waals surface area contributed by atoms with Gasteiger partial charge in [-0.05, 0) is 114 Å². The SMILES string of the molecule is C=CCOC12Oc3ccc(Oc4ccc5ccccc5c4)cc3C3C(CCCCO)C(CCCCO)C=C(C(=NOCc4ccc([N+](=O)[O-])cc4)CC1N(C)C(=O)Oc1ccc([N+](=O)[O-])cc1)C32. The zero-order valence-corrected chi connectivity index (χ0v) is 37.7. The molecule has 2 N–H and O–H groups in total. The summed E-state index contributed by atoms with van der Waals surface area (Å²) in [5, 5.41) is 49.6. The van der Waals surface area contributed by atoms with Crippen molar-refractivity contribution >= 4 is 34.0 Å². The summed E-state index contributed by atoms with van der Waals surface area (Å²) in [6, 6.07) is 30.0. The largest absolute Gasteiger partial charge is 0.459 e. The van der Waals surface area contributed by atoms with Crippen LogP contribution in [0.15, 0.2) is 139 Å². The number of amides is 1. The minimum Gasteiger partial charge on any atom is -0.459 e. The predicted octanol–water partition coefficient (Wildman–Crippen LogP) is 10.4. The highest BCUT2D eigenvalue weighted by molar-refractivity contribution is 6.03. The molecule has 0 spiro atoms. The molecule has 2 aliphatic carbocycles. The Balaban J connectivity index is 1.27. The van der Waals surface area contributed by atoms with E-state index in [-0.39, 0.29) is 67.7 Å². The van der Waals surface area contributed by atoms with Crippen LogP contribution >= 0.6 is 0 Å². The van der Waals surface area contributed by atoms with E-state index in [9.17, 15) is 35.2 Å². The Morgan fingerprint density at radius 1 is 0.853 bits per heavy atom.